The van der Waals surface area contributed by atoms with E-state index in [0.717, 1.165) is 24.2 Å². The van der Waals surface area contributed by atoms with Crippen LogP contribution in [0.1, 0.15) is 25.3 Å². The van der Waals surface area contributed by atoms with E-state index in [9.17, 15) is 4.79 Å². The zero-order valence-electron chi connectivity index (χ0n) is 12.1. The number of hydrogen-bond acceptors (Lipinski definition) is 4. The fourth-order valence-corrected chi connectivity index (χ4v) is 3.07. The lowest BCUT2D eigenvalue weighted by atomic mass is 10.2. The molecule has 0 saturated heterocycles. The first-order valence-corrected chi connectivity index (χ1v) is 8.12. The van der Waals surface area contributed by atoms with Gasteiger partial charge in [0.2, 0.25) is 0 Å². The number of H-pyrrole nitrogens is 1. The van der Waals surface area contributed by atoms with Crippen LogP contribution in [-0.2, 0) is 12.3 Å². The number of ether oxygens (including phenoxy) is 1. The van der Waals surface area contributed by atoms with Crippen LogP contribution in [-0.4, -0.2) is 21.9 Å². The van der Waals surface area contributed by atoms with Crippen LogP contribution >= 0.6 is 23.4 Å². The minimum Gasteiger partial charge on any atom is -0.496 e. The van der Waals surface area contributed by atoms with E-state index in [2.05, 4.69) is 17.1 Å². The summed E-state index contributed by atoms with van der Waals surface area (Å²) in [5, 5.41) is 7.93. The monoisotopic (exact) mass is 327 g/mol. The van der Waals surface area contributed by atoms with E-state index in [1.165, 1.54) is 11.8 Å². The molecule has 0 unspecified atom stereocenters. The van der Waals surface area contributed by atoms with Gasteiger partial charge in [-0.15, -0.1) is 5.10 Å². The molecule has 1 N–H and O–H groups in total. The molecule has 0 aliphatic rings. The molecule has 0 bridgehead atoms. The highest BCUT2D eigenvalue weighted by Gasteiger charge is 2.11. The van der Waals surface area contributed by atoms with Crippen molar-refractivity contribution in [3.8, 4) is 5.75 Å². The van der Waals surface area contributed by atoms with E-state index in [1.807, 2.05) is 12.1 Å². The molecule has 1 heterocycles. The summed E-state index contributed by atoms with van der Waals surface area (Å²) in [4.78, 5) is 11.7. The molecule has 114 valence electrons. The van der Waals surface area contributed by atoms with Crippen molar-refractivity contribution in [1.29, 1.82) is 0 Å². The summed E-state index contributed by atoms with van der Waals surface area (Å²) >= 11 is 7.51. The highest BCUT2D eigenvalue weighted by Crippen LogP contribution is 2.28. The number of hydrogen-bond donors (Lipinski definition) is 1. The number of nitrogens with one attached hydrogen (secondary N) is 1. The minimum absolute atomic E-state index is 0.163. The Morgan fingerprint density at radius 2 is 2.29 bits per heavy atom. The predicted octanol–water partition coefficient (Wildman–Crippen LogP) is 3.33. The molecule has 0 atom stereocenters. The van der Waals surface area contributed by atoms with Gasteiger partial charge in [0.05, 0.1) is 7.11 Å². The van der Waals surface area contributed by atoms with Gasteiger partial charge in [-0.05, 0) is 24.6 Å². The first-order valence-electron chi connectivity index (χ1n) is 6.76. The molecular weight excluding hydrogens is 310 g/mol. The van der Waals surface area contributed by atoms with Crippen molar-refractivity contribution in [2.45, 2.75) is 37.2 Å². The van der Waals surface area contributed by atoms with Crippen molar-refractivity contribution in [2.75, 3.05) is 7.11 Å². The Morgan fingerprint density at radius 1 is 1.48 bits per heavy atom. The third kappa shape index (κ3) is 4.04. The molecule has 7 heteroatoms. The van der Waals surface area contributed by atoms with Gasteiger partial charge >= 0.3 is 5.69 Å². The van der Waals surface area contributed by atoms with Gasteiger partial charge in [-0.1, -0.05) is 36.7 Å². The second-order valence-corrected chi connectivity index (χ2v) is 5.94. The number of thioether (sulfide) groups is 1. The Morgan fingerprint density at radius 3 is 3.00 bits per heavy atom. The highest BCUT2D eigenvalue weighted by atomic mass is 35.5. The lowest BCUT2D eigenvalue weighted by Gasteiger charge is -2.09. The molecule has 0 spiro atoms. The molecule has 0 fully saturated rings. The molecule has 1 aromatic carbocycles. The summed E-state index contributed by atoms with van der Waals surface area (Å²) in [6, 6.07) is 5.50. The van der Waals surface area contributed by atoms with Crippen molar-refractivity contribution in [2.24, 2.45) is 0 Å². The molecule has 0 saturated carbocycles. The predicted molar refractivity (Wildman–Crippen MR) is 85.3 cm³/mol. The topological polar surface area (TPSA) is 59.9 Å². The van der Waals surface area contributed by atoms with E-state index in [1.54, 1.807) is 17.7 Å². The Hall–Kier alpha value is -1.40. The van der Waals surface area contributed by atoms with Crippen LogP contribution in [0.4, 0.5) is 0 Å². The van der Waals surface area contributed by atoms with Gasteiger partial charge < -0.3 is 4.74 Å². The normalized spacial score (nSPS) is 10.8. The molecule has 2 rings (SSSR count). The largest absolute Gasteiger partial charge is 0.496 e. The molecule has 0 amide bonds. The Labute approximate surface area is 132 Å². The van der Waals surface area contributed by atoms with Crippen LogP contribution in [0.25, 0.3) is 0 Å². The molecule has 21 heavy (non-hydrogen) atoms. The second kappa shape index (κ2) is 7.56. The van der Waals surface area contributed by atoms with Crippen molar-refractivity contribution >= 4 is 23.4 Å². The third-order valence-corrected chi connectivity index (χ3v) is 4.32. The van der Waals surface area contributed by atoms with Crippen LogP contribution < -0.4 is 10.4 Å². The van der Waals surface area contributed by atoms with Gasteiger partial charge in [0.15, 0.2) is 5.16 Å². The summed E-state index contributed by atoms with van der Waals surface area (Å²) in [6.45, 7) is 2.77. The molecule has 5 nitrogen and oxygen atoms in total. The van der Waals surface area contributed by atoms with Crippen LogP contribution in [0.3, 0.4) is 0 Å². The number of halogens is 1. The Balaban J connectivity index is 2.13. The van der Waals surface area contributed by atoms with Gasteiger partial charge in [-0.2, -0.15) is 0 Å². The maximum atomic E-state index is 11.7. The summed E-state index contributed by atoms with van der Waals surface area (Å²) in [5.74, 6) is 1.42. The lowest BCUT2D eigenvalue weighted by Crippen LogP contribution is -2.17. The quantitative estimate of drug-likeness (QED) is 0.792. The van der Waals surface area contributed by atoms with Crippen molar-refractivity contribution in [1.82, 2.24) is 14.8 Å². The fourth-order valence-electron chi connectivity index (χ4n) is 1.93. The number of aromatic amines is 1. The zero-order valence-corrected chi connectivity index (χ0v) is 13.6. The van der Waals surface area contributed by atoms with Gasteiger partial charge in [-0.25, -0.2) is 9.89 Å². The number of methoxy groups -OCH3 is 1. The van der Waals surface area contributed by atoms with Gasteiger partial charge in [0, 0.05) is 22.9 Å². The highest BCUT2D eigenvalue weighted by molar-refractivity contribution is 7.98. The van der Waals surface area contributed by atoms with Crippen LogP contribution in [0.15, 0.2) is 28.2 Å². The first kappa shape index (κ1) is 16.0. The van der Waals surface area contributed by atoms with E-state index >= 15 is 0 Å². The summed E-state index contributed by atoms with van der Waals surface area (Å²) in [6.07, 6.45) is 1.98. The van der Waals surface area contributed by atoms with E-state index in [4.69, 9.17) is 16.3 Å². The fraction of sp³-hybridized carbons (Fsp3) is 0.429. The lowest BCUT2D eigenvalue weighted by molar-refractivity contribution is 0.411. The average molecular weight is 328 g/mol. The van der Waals surface area contributed by atoms with E-state index in [-0.39, 0.29) is 5.69 Å². The second-order valence-electron chi connectivity index (χ2n) is 4.56. The SMILES string of the molecule is CCCCn1c(SCc2cc(Cl)ccc2OC)n[nH]c1=O. The number of rotatable bonds is 7. The van der Waals surface area contributed by atoms with Crippen LogP contribution in [0.5, 0.6) is 5.75 Å². The molecule has 2 aromatic rings. The third-order valence-electron chi connectivity index (χ3n) is 3.06. The first-order chi connectivity index (χ1) is 10.2. The molecule has 1 aromatic heterocycles. The molecule has 0 aliphatic heterocycles. The maximum absolute atomic E-state index is 11.7. The van der Waals surface area contributed by atoms with Crippen LogP contribution in [0, 0.1) is 0 Å². The Kier molecular flexibility index (Phi) is 5.76. The molecule has 0 aliphatic carbocycles. The van der Waals surface area contributed by atoms with E-state index < -0.39 is 0 Å². The van der Waals surface area contributed by atoms with Gasteiger partial charge in [0.25, 0.3) is 0 Å². The standard InChI is InChI=1S/C14H18ClN3O2S/c1-3-4-7-18-13(19)16-17-14(18)21-9-10-8-11(15)5-6-12(10)20-2/h5-6,8H,3-4,7,9H2,1-2H3,(H,16,19). The summed E-state index contributed by atoms with van der Waals surface area (Å²) in [7, 11) is 1.63. The number of nitrogens with zero attached hydrogens (tertiary/aromatic N) is 2. The van der Waals surface area contributed by atoms with E-state index in [0.29, 0.717) is 22.5 Å². The zero-order chi connectivity index (χ0) is 15.2. The number of benzene rings is 1. The smallest absolute Gasteiger partial charge is 0.343 e. The van der Waals surface area contributed by atoms with Crippen molar-refractivity contribution in [3.05, 3.63) is 39.3 Å². The van der Waals surface area contributed by atoms with Crippen molar-refractivity contribution < 1.29 is 4.74 Å². The van der Waals surface area contributed by atoms with Crippen LogP contribution in [0.2, 0.25) is 5.02 Å². The minimum atomic E-state index is -0.163. The Bertz CT molecular complexity index is 654. The average Bonchev–Trinajstić information content (AvgIpc) is 2.83. The number of aromatic nitrogens is 3. The van der Waals surface area contributed by atoms with Gasteiger partial charge in [-0.3, -0.25) is 4.57 Å². The maximum Gasteiger partial charge on any atom is 0.343 e. The summed E-state index contributed by atoms with van der Waals surface area (Å²) < 4.78 is 6.99. The molecular formula is C14H18ClN3O2S. The van der Waals surface area contributed by atoms with Crippen molar-refractivity contribution in [3.63, 3.8) is 0 Å². The number of unbranched alkanes of at least 4 members (excludes halogenated alkanes) is 1. The molecule has 0 radical (unpaired) electrons. The summed E-state index contributed by atoms with van der Waals surface area (Å²) in [5.41, 5.74) is 0.816. The van der Waals surface area contributed by atoms with Gasteiger partial charge in [0.1, 0.15) is 5.75 Å².